The van der Waals surface area contributed by atoms with Gasteiger partial charge in [0.25, 0.3) is 5.56 Å². The van der Waals surface area contributed by atoms with Crippen LogP contribution in [0, 0.1) is 30.0 Å². The van der Waals surface area contributed by atoms with E-state index >= 15 is 0 Å². The highest BCUT2D eigenvalue weighted by atomic mass is 19.1. The van der Waals surface area contributed by atoms with Crippen LogP contribution >= 0.6 is 0 Å². The lowest BCUT2D eigenvalue weighted by Gasteiger charge is -2.06. The lowest BCUT2D eigenvalue weighted by molar-refractivity contribution is 0.620. The van der Waals surface area contributed by atoms with E-state index in [1.165, 1.54) is 6.07 Å². The van der Waals surface area contributed by atoms with E-state index in [0.29, 0.717) is 28.5 Å². The van der Waals surface area contributed by atoms with Crippen LogP contribution in [0.15, 0.2) is 23.0 Å². The van der Waals surface area contributed by atoms with Crippen molar-refractivity contribution in [2.75, 3.05) is 0 Å². The average Bonchev–Trinajstić information content (AvgIpc) is 2.32. The van der Waals surface area contributed by atoms with Crippen LogP contribution in [0.25, 0.3) is 10.9 Å². The van der Waals surface area contributed by atoms with Crippen LogP contribution in [-0.4, -0.2) is 4.98 Å². The van der Waals surface area contributed by atoms with Gasteiger partial charge in [0.15, 0.2) is 0 Å². The van der Waals surface area contributed by atoms with Crippen LogP contribution in [0.4, 0.5) is 4.39 Å². The zero-order chi connectivity index (χ0) is 13.3. The van der Waals surface area contributed by atoms with Gasteiger partial charge in [0, 0.05) is 22.4 Å². The van der Waals surface area contributed by atoms with Crippen LogP contribution in [0.2, 0.25) is 0 Å². The molecular weight excluding hydrogens is 231 g/mol. The zero-order valence-corrected chi connectivity index (χ0v) is 10.2. The number of hydrogen-bond donors (Lipinski definition) is 1. The number of pyridine rings is 1. The van der Waals surface area contributed by atoms with E-state index < -0.39 is 0 Å². The number of aryl methyl sites for hydroxylation is 1. The zero-order valence-electron chi connectivity index (χ0n) is 10.2. The summed E-state index contributed by atoms with van der Waals surface area (Å²) in [6.45, 7) is 3.40. The number of halogens is 1. The maximum absolute atomic E-state index is 13.5. The highest BCUT2D eigenvalue weighted by molar-refractivity contribution is 5.79. The minimum Gasteiger partial charge on any atom is -0.322 e. The Hall–Kier alpha value is -2.15. The highest BCUT2D eigenvalue weighted by Crippen LogP contribution is 2.17. The summed E-state index contributed by atoms with van der Waals surface area (Å²) in [7, 11) is 0. The molecule has 0 saturated heterocycles. The third-order valence-corrected chi connectivity index (χ3v) is 2.95. The fraction of sp³-hybridized carbons (Fsp3) is 0.286. The van der Waals surface area contributed by atoms with E-state index in [4.69, 9.17) is 5.26 Å². The topological polar surface area (TPSA) is 56.6 Å². The van der Waals surface area contributed by atoms with E-state index in [9.17, 15) is 9.18 Å². The second kappa shape index (κ2) is 4.61. The first kappa shape index (κ1) is 12.3. The van der Waals surface area contributed by atoms with Gasteiger partial charge in [-0.05, 0) is 44.0 Å². The molecule has 1 aromatic carbocycles. The minimum atomic E-state index is -0.297. The van der Waals surface area contributed by atoms with Crippen molar-refractivity contribution >= 4 is 10.9 Å². The predicted octanol–water partition coefficient (Wildman–Crippen LogP) is 2.68. The van der Waals surface area contributed by atoms with Gasteiger partial charge < -0.3 is 4.98 Å². The molecule has 1 atom stereocenters. The van der Waals surface area contributed by atoms with Crippen molar-refractivity contribution in [1.29, 1.82) is 5.26 Å². The molecule has 2 aromatic rings. The lowest BCUT2D eigenvalue weighted by atomic mass is 10.0. The molecule has 0 bridgehead atoms. The Morgan fingerprint density at radius 1 is 1.44 bits per heavy atom. The van der Waals surface area contributed by atoms with Crippen LogP contribution in [-0.2, 0) is 6.42 Å². The highest BCUT2D eigenvalue weighted by Gasteiger charge is 2.09. The summed E-state index contributed by atoms with van der Waals surface area (Å²) in [6, 6.07) is 6.76. The van der Waals surface area contributed by atoms with Crippen molar-refractivity contribution in [2.24, 2.45) is 5.92 Å². The van der Waals surface area contributed by atoms with Gasteiger partial charge in [0.2, 0.25) is 0 Å². The molecule has 18 heavy (non-hydrogen) atoms. The molecule has 1 N–H and O–H groups in total. The molecule has 4 heteroatoms. The SMILES string of the molecule is Cc1cc2[nH]c(=O)c(C[C@H](C)C#N)cc2cc1F. The second-order valence-corrected chi connectivity index (χ2v) is 4.55. The summed E-state index contributed by atoms with van der Waals surface area (Å²) >= 11 is 0. The van der Waals surface area contributed by atoms with Crippen molar-refractivity contribution in [1.82, 2.24) is 4.98 Å². The number of benzene rings is 1. The van der Waals surface area contributed by atoms with Crippen molar-refractivity contribution in [2.45, 2.75) is 20.3 Å². The van der Waals surface area contributed by atoms with Crippen LogP contribution in [0.1, 0.15) is 18.1 Å². The van der Waals surface area contributed by atoms with Crippen LogP contribution < -0.4 is 5.56 Å². The van der Waals surface area contributed by atoms with Crippen molar-refractivity contribution in [3.63, 3.8) is 0 Å². The van der Waals surface area contributed by atoms with Crippen LogP contribution in [0.3, 0.4) is 0 Å². The van der Waals surface area contributed by atoms with Crippen molar-refractivity contribution in [3.05, 3.63) is 45.5 Å². The largest absolute Gasteiger partial charge is 0.322 e. The molecule has 0 amide bonds. The Labute approximate surface area is 104 Å². The number of nitrogens with zero attached hydrogens (tertiary/aromatic N) is 1. The monoisotopic (exact) mass is 244 g/mol. The molecule has 0 aliphatic carbocycles. The maximum atomic E-state index is 13.5. The average molecular weight is 244 g/mol. The van der Waals surface area contributed by atoms with E-state index in [-0.39, 0.29) is 17.3 Å². The summed E-state index contributed by atoms with van der Waals surface area (Å²) < 4.78 is 13.5. The first-order valence-corrected chi connectivity index (χ1v) is 5.73. The number of rotatable bonds is 2. The van der Waals surface area contributed by atoms with E-state index in [0.717, 1.165) is 0 Å². The minimum absolute atomic E-state index is 0.212. The first-order valence-electron chi connectivity index (χ1n) is 5.73. The number of fused-ring (bicyclic) bond motifs is 1. The normalized spacial score (nSPS) is 12.3. The molecule has 0 unspecified atom stereocenters. The third kappa shape index (κ3) is 2.25. The Bertz CT molecular complexity index is 697. The summed E-state index contributed by atoms with van der Waals surface area (Å²) in [4.78, 5) is 14.5. The van der Waals surface area contributed by atoms with Gasteiger partial charge in [0.05, 0.1) is 6.07 Å². The van der Waals surface area contributed by atoms with E-state index in [2.05, 4.69) is 11.1 Å². The summed E-state index contributed by atoms with van der Waals surface area (Å²) in [6.07, 6.45) is 0.372. The number of hydrogen-bond acceptors (Lipinski definition) is 2. The van der Waals surface area contributed by atoms with Gasteiger partial charge in [-0.15, -0.1) is 0 Å². The number of nitrogens with one attached hydrogen (secondary N) is 1. The summed E-state index contributed by atoms with van der Waals surface area (Å²) in [5, 5.41) is 9.41. The van der Waals surface area contributed by atoms with Gasteiger partial charge in [-0.2, -0.15) is 5.26 Å². The molecule has 0 saturated carbocycles. The summed E-state index contributed by atoms with van der Waals surface area (Å²) in [5.74, 6) is -0.535. The van der Waals surface area contributed by atoms with Gasteiger partial charge in [-0.3, -0.25) is 4.79 Å². The fourth-order valence-electron chi connectivity index (χ4n) is 1.91. The molecule has 2 rings (SSSR count). The number of H-pyrrole nitrogens is 1. The smallest absolute Gasteiger partial charge is 0.251 e. The Balaban J connectivity index is 2.58. The summed E-state index contributed by atoms with van der Waals surface area (Å²) in [5.41, 5.74) is 1.42. The maximum Gasteiger partial charge on any atom is 0.251 e. The molecular formula is C14H13FN2O. The van der Waals surface area contributed by atoms with Gasteiger partial charge in [0.1, 0.15) is 5.82 Å². The quantitative estimate of drug-likeness (QED) is 0.883. The second-order valence-electron chi connectivity index (χ2n) is 4.55. The standard InChI is InChI=1S/C14H13FN2O/c1-8(7-16)3-11-5-10-6-12(15)9(2)4-13(10)17-14(11)18/h4-6,8H,3H2,1-2H3,(H,17,18)/t8-/m0/s1. The third-order valence-electron chi connectivity index (χ3n) is 2.95. The van der Waals surface area contributed by atoms with Gasteiger partial charge in [-0.1, -0.05) is 0 Å². The molecule has 92 valence electrons. The Morgan fingerprint density at radius 3 is 2.83 bits per heavy atom. The van der Waals surface area contributed by atoms with Crippen molar-refractivity contribution in [3.8, 4) is 6.07 Å². The predicted molar refractivity (Wildman–Crippen MR) is 67.7 cm³/mol. The molecule has 0 spiro atoms. The van der Waals surface area contributed by atoms with Gasteiger partial charge in [-0.25, -0.2) is 4.39 Å². The molecule has 0 aliphatic rings. The Kier molecular flexibility index (Phi) is 3.15. The molecule has 0 radical (unpaired) electrons. The fourth-order valence-corrected chi connectivity index (χ4v) is 1.91. The molecule has 0 aliphatic heterocycles. The molecule has 0 fully saturated rings. The molecule has 1 aromatic heterocycles. The van der Waals surface area contributed by atoms with Crippen molar-refractivity contribution < 1.29 is 4.39 Å². The molecule has 3 nitrogen and oxygen atoms in total. The first-order chi connectivity index (χ1) is 8.51. The molecule has 1 heterocycles. The number of aromatic amines is 1. The van der Waals surface area contributed by atoms with Gasteiger partial charge >= 0.3 is 0 Å². The lowest BCUT2D eigenvalue weighted by Crippen LogP contribution is -2.14. The van der Waals surface area contributed by atoms with E-state index in [1.54, 1.807) is 26.0 Å². The number of nitriles is 1. The van der Waals surface area contributed by atoms with Crippen LogP contribution in [0.5, 0.6) is 0 Å². The van der Waals surface area contributed by atoms with E-state index in [1.807, 2.05) is 0 Å². The Morgan fingerprint density at radius 2 is 2.17 bits per heavy atom. The number of aromatic nitrogens is 1.